The number of rotatable bonds is 5. The zero-order valence-electron chi connectivity index (χ0n) is 11.3. The SMILES string of the molecule is CS(=O)(=O)NC1CCCC1CNc1ccnc(C#N)c1. The molecule has 0 amide bonds. The van der Waals surface area contributed by atoms with Gasteiger partial charge >= 0.3 is 0 Å². The molecule has 0 aromatic carbocycles. The van der Waals surface area contributed by atoms with E-state index in [0.717, 1.165) is 24.9 Å². The van der Waals surface area contributed by atoms with Crippen molar-refractivity contribution in [2.24, 2.45) is 5.92 Å². The van der Waals surface area contributed by atoms with Crippen LogP contribution in [0.4, 0.5) is 5.69 Å². The molecular weight excluding hydrogens is 276 g/mol. The zero-order chi connectivity index (χ0) is 14.6. The summed E-state index contributed by atoms with van der Waals surface area (Å²) in [5, 5.41) is 12.0. The molecule has 7 heteroatoms. The fraction of sp³-hybridized carbons (Fsp3) is 0.538. The quantitative estimate of drug-likeness (QED) is 0.847. The summed E-state index contributed by atoms with van der Waals surface area (Å²) in [6.45, 7) is 0.683. The molecule has 1 aromatic heterocycles. The van der Waals surface area contributed by atoms with Crippen LogP contribution in [0.15, 0.2) is 18.3 Å². The minimum Gasteiger partial charge on any atom is -0.385 e. The molecule has 1 aromatic rings. The summed E-state index contributed by atoms with van der Waals surface area (Å²) < 4.78 is 25.3. The smallest absolute Gasteiger partial charge is 0.208 e. The van der Waals surface area contributed by atoms with Gasteiger partial charge in [0.2, 0.25) is 10.0 Å². The van der Waals surface area contributed by atoms with Crippen LogP contribution < -0.4 is 10.0 Å². The van der Waals surface area contributed by atoms with Crippen molar-refractivity contribution in [2.75, 3.05) is 18.1 Å². The number of nitrogens with one attached hydrogen (secondary N) is 2. The van der Waals surface area contributed by atoms with Crippen LogP contribution in [-0.2, 0) is 10.0 Å². The second-order valence-corrected chi connectivity index (χ2v) is 6.89. The first-order valence-corrected chi connectivity index (χ1v) is 8.44. The van der Waals surface area contributed by atoms with Gasteiger partial charge in [0.05, 0.1) is 6.26 Å². The van der Waals surface area contributed by atoms with Crippen LogP contribution in [-0.4, -0.2) is 32.2 Å². The van der Waals surface area contributed by atoms with Crippen LogP contribution in [0.1, 0.15) is 25.0 Å². The van der Waals surface area contributed by atoms with E-state index in [9.17, 15) is 8.42 Å². The highest BCUT2D eigenvalue weighted by Crippen LogP contribution is 2.26. The van der Waals surface area contributed by atoms with E-state index >= 15 is 0 Å². The van der Waals surface area contributed by atoms with E-state index in [2.05, 4.69) is 15.0 Å². The van der Waals surface area contributed by atoms with E-state index in [-0.39, 0.29) is 12.0 Å². The van der Waals surface area contributed by atoms with Gasteiger partial charge in [0, 0.05) is 24.5 Å². The molecule has 20 heavy (non-hydrogen) atoms. The summed E-state index contributed by atoms with van der Waals surface area (Å²) in [5.74, 6) is 0.267. The predicted molar refractivity (Wildman–Crippen MR) is 76.6 cm³/mol. The maximum absolute atomic E-state index is 11.3. The molecule has 1 aliphatic carbocycles. The monoisotopic (exact) mass is 294 g/mol. The lowest BCUT2D eigenvalue weighted by Crippen LogP contribution is -2.38. The minimum atomic E-state index is -3.16. The fourth-order valence-electron chi connectivity index (χ4n) is 2.56. The van der Waals surface area contributed by atoms with Gasteiger partial charge in [0.25, 0.3) is 0 Å². The Morgan fingerprint density at radius 3 is 3.00 bits per heavy atom. The predicted octanol–water partition coefficient (Wildman–Crippen LogP) is 1.08. The molecule has 0 aliphatic heterocycles. The number of sulfonamides is 1. The topological polar surface area (TPSA) is 94.9 Å². The van der Waals surface area contributed by atoms with Crippen molar-refractivity contribution in [2.45, 2.75) is 25.3 Å². The first kappa shape index (κ1) is 14.8. The molecule has 2 atom stereocenters. The van der Waals surface area contributed by atoms with Crippen molar-refractivity contribution in [1.82, 2.24) is 9.71 Å². The standard InChI is InChI=1S/C13H18N4O2S/c1-20(18,19)17-13-4-2-3-10(13)9-16-11-5-6-15-12(7-11)8-14/h5-7,10,13,17H,2-4,9H2,1H3,(H,15,16). The lowest BCUT2D eigenvalue weighted by Gasteiger charge is -2.20. The summed E-state index contributed by atoms with van der Waals surface area (Å²) in [6.07, 6.45) is 5.68. The van der Waals surface area contributed by atoms with Crippen LogP contribution in [0.25, 0.3) is 0 Å². The molecule has 0 spiro atoms. The Morgan fingerprint density at radius 1 is 1.50 bits per heavy atom. The van der Waals surface area contributed by atoms with Crippen LogP contribution >= 0.6 is 0 Å². The van der Waals surface area contributed by atoms with Crippen LogP contribution in [0.2, 0.25) is 0 Å². The Balaban J connectivity index is 1.94. The second kappa shape index (κ2) is 6.20. The first-order chi connectivity index (χ1) is 9.48. The van der Waals surface area contributed by atoms with Crippen LogP contribution in [0, 0.1) is 17.2 Å². The molecule has 108 valence electrons. The average Bonchev–Trinajstić information content (AvgIpc) is 2.81. The molecule has 0 saturated heterocycles. The normalized spacial score (nSPS) is 22.4. The van der Waals surface area contributed by atoms with E-state index in [1.54, 1.807) is 18.3 Å². The molecule has 2 rings (SSSR count). The van der Waals surface area contributed by atoms with Gasteiger partial charge in [-0.25, -0.2) is 18.1 Å². The Morgan fingerprint density at radius 2 is 2.30 bits per heavy atom. The highest BCUT2D eigenvalue weighted by atomic mass is 32.2. The van der Waals surface area contributed by atoms with Gasteiger partial charge in [-0.15, -0.1) is 0 Å². The maximum Gasteiger partial charge on any atom is 0.208 e. The number of hydrogen-bond donors (Lipinski definition) is 2. The van der Waals surface area contributed by atoms with Crippen molar-refractivity contribution in [3.63, 3.8) is 0 Å². The van der Waals surface area contributed by atoms with Crippen molar-refractivity contribution >= 4 is 15.7 Å². The minimum absolute atomic E-state index is 0.00484. The average molecular weight is 294 g/mol. The molecule has 1 saturated carbocycles. The van der Waals surface area contributed by atoms with Gasteiger partial charge in [-0.3, -0.25) is 0 Å². The summed E-state index contributed by atoms with van der Waals surface area (Å²) in [5.41, 5.74) is 1.20. The van der Waals surface area contributed by atoms with Crippen molar-refractivity contribution in [1.29, 1.82) is 5.26 Å². The Hall–Kier alpha value is -1.65. The van der Waals surface area contributed by atoms with E-state index < -0.39 is 10.0 Å². The lowest BCUT2D eigenvalue weighted by atomic mass is 10.0. The third-order valence-corrected chi connectivity index (χ3v) is 4.20. The summed E-state index contributed by atoms with van der Waals surface area (Å²) in [4.78, 5) is 3.91. The number of pyridine rings is 1. The molecule has 2 unspecified atom stereocenters. The first-order valence-electron chi connectivity index (χ1n) is 6.55. The number of nitriles is 1. The van der Waals surface area contributed by atoms with Crippen molar-refractivity contribution < 1.29 is 8.42 Å². The Bertz CT molecular complexity index is 609. The summed E-state index contributed by atoms with van der Waals surface area (Å²) in [7, 11) is -3.16. The van der Waals surface area contributed by atoms with Gasteiger partial charge in [0.1, 0.15) is 11.8 Å². The molecule has 2 N–H and O–H groups in total. The second-order valence-electron chi connectivity index (χ2n) is 5.11. The highest BCUT2D eigenvalue weighted by molar-refractivity contribution is 7.88. The van der Waals surface area contributed by atoms with Crippen LogP contribution in [0.3, 0.4) is 0 Å². The van der Waals surface area contributed by atoms with Crippen molar-refractivity contribution in [3.05, 3.63) is 24.0 Å². The lowest BCUT2D eigenvalue weighted by molar-refractivity contribution is 0.463. The number of hydrogen-bond acceptors (Lipinski definition) is 5. The molecule has 1 aliphatic rings. The van der Waals surface area contributed by atoms with Gasteiger partial charge in [0.15, 0.2) is 0 Å². The Labute approximate surface area is 119 Å². The fourth-order valence-corrected chi connectivity index (χ4v) is 3.42. The molecule has 0 radical (unpaired) electrons. The summed E-state index contributed by atoms with van der Waals surface area (Å²) in [6, 6.07) is 5.48. The van der Waals surface area contributed by atoms with E-state index in [1.807, 2.05) is 6.07 Å². The van der Waals surface area contributed by atoms with E-state index in [1.165, 1.54) is 6.26 Å². The molecule has 6 nitrogen and oxygen atoms in total. The van der Waals surface area contributed by atoms with Gasteiger partial charge in [-0.2, -0.15) is 5.26 Å². The van der Waals surface area contributed by atoms with E-state index in [0.29, 0.717) is 12.2 Å². The van der Waals surface area contributed by atoms with Crippen LogP contribution in [0.5, 0.6) is 0 Å². The molecule has 1 heterocycles. The van der Waals surface area contributed by atoms with E-state index in [4.69, 9.17) is 5.26 Å². The van der Waals surface area contributed by atoms with Gasteiger partial charge in [-0.1, -0.05) is 6.42 Å². The highest BCUT2D eigenvalue weighted by Gasteiger charge is 2.29. The third kappa shape index (κ3) is 4.18. The van der Waals surface area contributed by atoms with Gasteiger partial charge in [-0.05, 0) is 30.9 Å². The van der Waals surface area contributed by atoms with Crippen molar-refractivity contribution in [3.8, 4) is 6.07 Å². The number of aromatic nitrogens is 1. The molecule has 1 fully saturated rings. The largest absolute Gasteiger partial charge is 0.385 e. The zero-order valence-corrected chi connectivity index (χ0v) is 12.2. The number of anilines is 1. The Kier molecular flexibility index (Phi) is 4.57. The summed E-state index contributed by atoms with van der Waals surface area (Å²) >= 11 is 0. The van der Waals surface area contributed by atoms with Gasteiger partial charge < -0.3 is 5.32 Å². The third-order valence-electron chi connectivity index (χ3n) is 3.47. The maximum atomic E-state index is 11.3. The molecule has 0 bridgehead atoms. The number of nitrogens with zero attached hydrogens (tertiary/aromatic N) is 2. The molecular formula is C13H18N4O2S.